The van der Waals surface area contributed by atoms with Gasteiger partial charge in [-0.2, -0.15) is 5.26 Å². The van der Waals surface area contributed by atoms with Crippen molar-refractivity contribution in [1.29, 1.82) is 5.26 Å². The highest BCUT2D eigenvalue weighted by molar-refractivity contribution is 7.99. The van der Waals surface area contributed by atoms with E-state index in [1.165, 1.54) is 11.8 Å². The molecule has 0 atom stereocenters. The molecule has 21 heavy (non-hydrogen) atoms. The van der Waals surface area contributed by atoms with Gasteiger partial charge in [-0.25, -0.2) is 9.97 Å². The first-order chi connectivity index (χ1) is 10.1. The minimum absolute atomic E-state index is 0.00962. The Balaban J connectivity index is 2.05. The molecule has 0 aliphatic rings. The smallest absolute Gasteiger partial charge is 0.232 e. The zero-order valence-corrected chi connectivity index (χ0v) is 12.9. The van der Waals surface area contributed by atoms with Crippen LogP contribution < -0.4 is 0 Å². The Labute approximate surface area is 128 Å². The molecule has 0 saturated carbocycles. The fourth-order valence-electron chi connectivity index (χ4n) is 1.79. The van der Waals surface area contributed by atoms with Crippen molar-refractivity contribution < 1.29 is 4.79 Å². The Morgan fingerprint density at radius 2 is 2.00 bits per heavy atom. The van der Waals surface area contributed by atoms with Gasteiger partial charge in [-0.1, -0.05) is 23.9 Å². The summed E-state index contributed by atoms with van der Waals surface area (Å²) in [5, 5.41) is 9.30. The normalized spacial score (nSPS) is 10.3. The first-order valence-electron chi connectivity index (χ1n) is 6.59. The van der Waals surface area contributed by atoms with Crippen molar-refractivity contribution in [2.75, 3.05) is 19.3 Å². The van der Waals surface area contributed by atoms with Crippen molar-refractivity contribution in [3.63, 3.8) is 0 Å². The van der Waals surface area contributed by atoms with E-state index in [1.54, 1.807) is 11.9 Å². The molecule has 2 aromatic rings. The van der Waals surface area contributed by atoms with Gasteiger partial charge in [0.25, 0.3) is 0 Å². The third kappa shape index (κ3) is 3.92. The minimum atomic E-state index is -0.00962. The van der Waals surface area contributed by atoms with Crippen LogP contribution in [-0.2, 0) is 4.79 Å². The second-order valence-corrected chi connectivity index (χ2v) is 5.58. The van der Waals surface area contributed by atoms with E-state index in [0.717, 1.165) is 21.8 Å². The Morgan fingerprint density at radius 1 is 1.33 bits per heavy atom. The van der Waals surface area contributed by atoms with Gasteiger partial charge >= 0.3 is 0 Å². The summed E-state index contributed by atoms with van der Waals surface area (Å²) in [5.41, 5.74) is 2.51. The maximum Gasteiger partial charge on any atom is 0.232 e. The number of aryl methyl sites for hydroxylation is 1. The third-order valence-corrected chi connectivity index (χ3v) is 4.07. The summed E-state index contributed by atoms with van der Waals surface area (Å²) in [6.45, 7) is 2.35. The molecule has 1 aromatic carbocycles. The van der Waals surface area contributed by atoms with Crippen LogP contribution in [-0.4, -0.2) is 40.1 Å². The number of thioether (sulfide) groups is 1. The first kappa shape index (κ1) is 15.3. The minimum Gasteiger partial charge on any atom is -0.344 e. The van der Waals surface area contributed by atoms with Crippen LogP contribution in [0.5, 0.6) is 0 Å². The quantitative estimate of drug-likeness (QED) is 0.793. The average molecular weight is 300 g/mol. The molecule has 1 heterocycles. The number of hydrogen-bond acceptors (Lipinski definition) is 5. The monoisotopic (exact) mass is 300 g/mol. The van der Waals surface area contributed by atoms with Crippen LogP contribution in [0.3, 0.4) is 0 Å². The molecule has 2 rings (SSSR count). The molecule has 0 spiro atoms. The number of carbonyl (C=O) groups is 1. The summed E-state index contributed by atoms with van der Waals surface area (Å²) >= 11 is 1.38. The van der Waals surface area contributed by atoms with Crippen LogP contribution in [0, 0.1) is 18.3 Å². The van der Waals surface area contributed by atoms with E-state index in [2.05, 4.69) is 9.97 Å². The molecule has 0 fully saturated rings. The molecular formula is C15H16N4OS. The van der Waals surface area contributed by atoms with E-state index in [-0.39, 0.29) is 5.91 Å². The summed E-state index contributed by atoms with van der Waals surface area (Å²) < 4.78 is 0. The number of benzene rings is 1. The van der Waals surface area contributed by atoms with Crippen LogP contribution in [0.1, 0.15) is 12.1 Å². The van der Waals surface area contributed by atoms with E-state index < -0.39 is 0 Å². The number of rotatable bonds is 5. The molecule has 0 N–H and O–H groups in total. The maximum absolute atomic E-state index is 11.9. The molecule has 0 unspecified atom stereocenters. The predicted molar refractivity (Wildman–Crippen MR) is 82.9 cm³/mol. The summed E-state index contributed by atoms with van der Waals surface area (Å²) in [7, 11) is 1.71. The van der Waals surface area contributed by atoms with Crippen LogP contribution in [0.15, 0.2) is 29.3 Å². The fraction of sp³-hybridized carbons (Fsp3) is 0.333. The van der Waals surface area contributed by atoms with Gasteiger partial charge in [-0.05, 0) is 19.1 Å². The summed E-state index contributed by atoms with van der Waals surface area (Å²) in [6.07, 6.45) is 0.349. The molecule has 6 heteroatoms. The van der Waals surface area contributed by atoms with Crippen LogP contribution in [0.4, 0.5) is 0 Å². The number of fused-ring (bicyclic) bond motifs is 1. The van der Waals surface area contributed by atoms with E-state index >= 15 is 0 Å². The molecule has 0 aliphatic carbocycles. The van der Waals surface area contributed by atoms with Crippen LogP contribution in [0.25, 0.3) is 11.0 Å². The van der Waals surface area contributed by atoms with E-state index in [9.17, 15) is 4.79 Å². The molecule has 5 nitrogen and oxygen atoms in total. The summed E-state index contributed by atoms with van der Waals surface area (Å²) in [4.78, 5) is 22.6. The predicted octanol–water partition coefficient (Wildman–Crippen LogP) is 2.40. The molecule has 0 aliphatic heterocycles. The second kappa shape index (κ2) is 7.04. The molecule has 1 aromatic heterocycles. The maximum atomic E-state index is 11.9. The Hall–Kier alpha value is -2.13. The lowest BCUT2D eigenvalue weighted by molar-refractivity contribution is -0.127. The van der Waals surface area contributed by atoms with Crippen LogP contribution in [0.2, 0.25) is 0 Å². The number of aromatic nitrogens is 2. The fourth-order valence-corrected chi connectivity index (χ4v) is 2.69. The molecule has 0 radical (unpaired) electrons. The molecule has 1 amide bonds. The lowest BCUT2D eigenvalue weighted by atomic mass is 10.3. The second-order valence-electron chi connectivity index (χ2n) is 4.61. The number of nitrogens with zero attached hydrogens (tertiary/aromatic N) is 4. The van der Waals surface area contributed by atoms with Crippen molar-refractivity contribution in [1.82, 2.24) is 14.9 Å². The van der Waals surface area contributed by atoms with E-state index in [0.29, 0.717) is 18.7 Å². The van der Waals surface area contributed by atoms with Gasteiger partial charge in [0.05, 0.1) is 35.0 Å². The van der Waals surface area contributed by atoms with Gasteiger partial charge < -0.3 is 4.90 Å². The molecule has 108 valence electrons. The van der Waals surface area contributed by atoms with Crippen molar-refractivity contribution in [3.8, 4) is 6.07 Å². The van der Waals surface area contributed by atoms with Gasteiger partial charge in [0, 0.05) is 13.6 Å². The Kier molecular flexibility index (Phi) is 5.12. The SMILES string of the molecule is Cc1nc2ccccc2nc1SCC(=O)N(C)CCC#N. The van der Waals surface area contributed by atoms with Gasteiger partial charge in [-0.3, -0.25) is 4.79 Å². The van der Waals surface area contributed by atoms with Gasteiger partial charge in [-0.15, -0.1) is 0 Å². The molecule has 0 bridgehead atoms. The summed E-state index contributed by atoms with van der Waals surface area (Å²) in [6, 6.07) is 9.71. The van der Waals surface area contributed by atoms with Gasteiger partial charge in [0.1, 0.15) is 5.03 Å². The zero-order chi connectivity index (χ0) is 15.2. The number of amides is 1. The van der Waals surface area contributed by atoms with Gasteiger partial charge in [0.15, 0.2) is 0 Å². The van der Waals surface area contributed by atoms with Crippen molar-refractivity contribution in [3.05, 3.63) is 30.0 Å². The number of carbonyl (C=O) groups excluding carboxylic acids is 1. The van der Waals surface area contributed by atoms with Crippen molar-refractivity contribution in [2.24, 2.45) is 0 Å². The Bertz CT molecular complexity index is 696. The average Bonchev–Trinajstić information content (AvgIpc) is 2.50. The topological polar surface area (TPSA) is 69.9 Å². The lowest BCUT2D eigenvalue weighted by Crippen LogP contribution is -2.29. The Morgan fingerprint density at radius 3 is 2.67 bits per heavy atom. The van der Waals surface area contributed by atoms with Crippen molar-refractivity contribution in [2.45, 2.75) is 18.4 Å². The largest absolute Gasteiger partial charge is 0.344 e. The van der Waals surface area contributed by atoms with Crippen LogP contribution >= 0.6 is 11.8 Å². The van der Waals surface area contributed by atoms with E-state index in [4.69, 9.17) is 5.26 Å². The zero-order valence-electron chi connectivity index (χ0n) is 12.0. The first-order valence-corrected chi connectivity index (χ1v) is 7.57. The highest BCUT2D eigenvalue weighted by Gasteiger charge is 2.12. The highest BCUT2D eigenvalue weighted by atomic mass is 32.2. The number of nitriles is 1. The third-order valence-electron chi connectivity index (χ3n) is 3.02. The highest BCUT2D eigenvalue weighted by Crippen LogP contribution is 2.22. The van der Waals surface area contributed by atoms with Crippen molar-refractivity contribution >= 4 is 28.7 Å². The lowest BCUT2D eigenvalue weighted by Gasteiger charge is -2.15. The number of para-hydroxylation sites is 2. The molecular weight excluding hydrogens is 284 g/mol. The standard InChI is InChI=1S/C15H16N4OS/c1-11-15(18-13-7-4-3-6-12(13)17-11)21-10-14(20)19(2)9-5-8-16/h3-4,6-7H,5,9-10H2,1-2H3. The van der Waals surface area contributed by atoms with E-state index in [1.807, 2.05) is 37.3 Å². The molecule has 0 saturated heterocycles. The number of hydrogen-bond donors (Lipinski definition) is 0. The van der Waals surface area contributed by atoms with Gasteiger partial charge in [0.2, 0.25) is 5.91 Å². The summed E-state index contributed by atoms with van der Waals surface area (Å²) in [5.74, 6) is 0.292.